The van der Waals surface area contributed by atoms with E-state index in [0.29, 0.717) is 0 Å². The molecule has 0 radical (unpaired) electrons. The summed E-state index contributed by atoms with van der Waals surface area (Å²) in [6, 6.07) is 0. The molecule has 136 valence electrons. The lowest BCUT2D eigenvalue weighted by molar-refractivity contribution is -0.337. The lowest BCUT2D eigenvalue weighted by Crippen LogP contribution is -2.63. The summed E-state index contributed by atoms with van der Waals surface area (Å²) in [7, 11) is 0. The summed E-state index contributed by atoms with van der Waals surface area (Å²) < 4.78 is 16.4. The van der Waals surface area contributed by atoms with Crippen LogP contribution < -0.4 is 0 Å². The average molecular weight is 338 g/mol. The van der Waals surface area contributed by atoms with Gasteiger partial charge in [-0.3, -0.25) is 0 Å². The zero-order valence-electron chi connectivity index (χ0n) is 13.1. The maximum absolute atomic E-state index is 10.4. The van der Waals surface area contributed by atoms with Gasteiger partial charge in [0.05, 0.1) is 25.4 Å². The van der Waals surface area contributed by atoms with Crippen molar-refractivity contribution in [3.05, 3.63) is 0 Å². The minimum absolute atomic E-state index is 0.285. The molecular weight excluding hydrogens is 312 g/mol. The minimum Gasteiger partial charge on any atom is -0.394 e. The number of rotatable bonds is 4. The summed E-state index contributed by atoms with van der Waals surface area (Å²) in [5.41, 5.74) is 0. The average Bonchev–Trinajstić information content (AvgIpc) is 2.55. The molecule has 2 saturated heterocycles. The molecule has 4 unspecified atom stereocenters. The van der Waals surface area contributed by atoms with Gasteiger partial charge in [0.15, 0.2) is 6.29 Å². The van der Waals surface area contributed by atoms with E-state index in [-0.39, 0.29) is 12.0 Å². The lowest BCUT2D eigenvalue weighted by Gasteiger charge is -2.46. The van der Waals surface area contributed by atoms with Crippen molar-refractivity contribution in [1.29, 1.82) is 0 Å². The van der Waals surface area contributed by atoms with Gasteiger partial charge in [0.2, 0.25) is 0 Å². The molecule has 2 heterocycles. The molecule has 9 nitrogen and oxygen atoms in total. The van der Waals surface area contributed by atoms with Crippen molar-refractivity contribution in [1.82, 2.24) is 0 Å². The van der Waals surface area contributed by atoms with Crippen molar-refractivity contribution in [3.8, 4) is 0 Å². The van der Waals surface area contributed by atoms with Crippen molar-refractivity contribution in [2.24, 2.45) is 5.92 Å². The van der Waals surface area contributed by atoms with Crippen LogP contribution in [0.5, 0.6) is 0 Å². The zero-order valence-corrected chi connectivity index (χ0v) is 13.1. The van der Waals surface area contributed by atoms with Crippen LogP contribution in [0.3, 0.4) is 0 Å². The third-order valence-corrected chi connectivity index (χ3v) is 4.69. The quantitative estimate of drug-likeness (QED) is 0.314. The SMILES string of the molecule is CC1[C@H](C)OC(CO)[C@@H](O[C@@H]2OC(CO)[C@H](O)[C@H](O)C2O)[C@@H]1O. The largest absolute Gasteiger partial charge is 0.394 e. The monoisotopic (exact) mass is 338 g/mol. The van der Waals surface area contributed by atoms with Crippen molar-refractivity contribution in [2.45, 2.75) is 69.0 Å². The summed E-state index contributed by atoms with van der Waals surface area (Å²) in [5.74, 6) is -0.285. The molecule has 0 spiro atoms. The minimum atomic E-state index is -1.58. The summed E-state index contributed by atoms with van der Waals surface area (Å²) in [6.45, 7) is 2.54. The van der Waals surface area contributed by atoms with Crippen molar-refractivity contribution >= 4 is 0 Å². The van der Waals surface area contributed by atoms with Crippen LogP contribution in [0.1, 0.15) is 13.8 Å². The van der Waals surface area contributed by atoms with Crippen molar-refractivity contribution in [2.75, 3.05) is 13.2 Å². The Bertz CT molecular complexity index is 377. The van der Waals surface area contributed by atoms with E-state index in [1.165, 1.54) is 0 Å². The molecule has 0 saturated carbocycles. The second-order valence-corrected chi connectivity index (χ2v) is 6.21. The predicted molar refractivity (Wildman–Crippen MR) is 75.2 cm³/mol. The number of aliphatic hydroxyl groups is 6. The molecule has 2 aliphatic heterocycles. The Morgan fingerprint density at radius 1 is 0.783 bits per heavy atom. The van der Waals surface area contributed by atoms with E-state index in [2.05, 4.69) is 0 Å². The van der Waals surface area contributed by atoms with Gasteiger partial charge >= 0.3 is 0 Å². The first-order valence-electron chi connectivity index (χ1n) is 7.72. The molecule has 0 amide bonds. The Morgan fingerprint density at radius 3 is 1.96 bits per heavy atom. The maximum atomic E-state index is 10.4. The fourth-order valence-electron chi connectivity index (χ4n) is 2.92. The Hall–Kier alpha value is -0.360. The first kappa shape index (κ1) is 19.0. The zero-order chi connectivity index (χ0) is 17.3. The van der Waals surface area contributed by atoms with Gasteiger partial charge in [0, 0.05) is 5.92 Å². The molecule has 0 aromatic rings. The molecule has 2 rings (SSSR count). The van der Waals surface area contributed by atoms with Gasteiger partial charge < -0.3 is 44.8 Å². The maximum Gasteiger partial charge on any atom is 0.187 e. The molecule has 2 aliphatic rings. The fourth-order valence-corrected chi connectivity index (χ4v) is 2.92. The molecule has 6 N–H and O–H groups in total. The molecule has 2 fully saturated rings. The summed E-state index contributed by atoms with van der Waals surface area (Å²) >= 11 is 0. The van der Waals surface area contributed by atoms with E-state index in [1.807, 2.05) is 0 Å². The first-order valence-corrected chi connectivity index (χ1v) is 7.72. The first-order chi connectivity index (χ1) is 10.8. The van der Waals surface area contributed by atoms with E-state index in [4.69, 9.17) is 19.3 Å². The lowest BCUT2D eigenvalue weighted by atomic mass is 9.88. The van der Waals surface area contributed by atoms with Gasteiger partial charge in [-0.15, -0.1) is 0 Å². The molecule has 0 bridgehead atoms. The van der Waals surface area contributed by atoms with Crippen LogP contribution in [0.2, 0.25) is 0 Å². The van der Waals surface area contributed by atoms with Gasteiger partial charge in [-0.05, 0) is 6.92 Å². The van der Waals surface area contributed by atoms with Crippen LogP contribution in [0.25, 0.3) is 0 Å². The number of hydrogen-bond acceptors (Lipinski definition) is 9. The highest BCUT2D eigenvalue weighted by Gasteiger charge is 2.48. The van der Waals surface area contributed by atoms with Crippen LogP contribution >= 0.6 is 0 Å². The third-order valence-electron chi connectivity index (χ3n) is 4.69. The van der Waals surface area contributed by atoms with Gasteiger partial charge in [0.1, 0.15) is 36.6 Å². The van der Waals surface area contributed by atoms with Gasteiger partial charge in [-0.25, -0.2) is 0 Å². The molecular formula is C14H26O9. The van der Waals surface area contributed by atoms with Crippen molar-refractivity contribution < 1.29 is 44.8 Å². The topological polar surface area (TPSA) is 149 Å². The van der Waals surface area contributed by atoms with E-state index >= 15 is 0 Å². The van der Waals surface area contributed by atoms with E-state index in [9.17, 15) is 25.5 Å². The highest BCUT2D eigenvalue weighted by atomic mass is 16.7. The molecule has 10 atom stereocenters. The van der Waals surface area contributed by atoms with Crippen LogP contribution in [-0.4, -0.2) is 99.0 Å². The Labute approximate surface area is 134 Å². The van der Waals surface area contributed by atoms with Crippen LogP contribution in [-0.2, 0) is 14.2 Å². The number of aliphatic hydroxyl groups excluding tert-OH is 6. The second kappa shape index (κ2) is 7.68. The Balaban J connectivity index is 2.11. The van der Waals surface area contributed by atoms with Crippen molar-refractivity contribution in [3.63, 3.8) is 0 Å². The van der Waals surface area contributed by atoms with E-state index in [1.54, 1.807) is 13.8 Å². The summed E-state index contributed by atoms with van der Waals surface area (Å²) in [4.78, 5) is 0. The third kappa shape index (κ3) is 3.68. The van der Waals surface area contributed by atoms with Gasteiger partial charge in [0.25, 0.3) is 0 Å². The normalized spacial score (nSPS) is 51.7. The van der Waals surface area contributed by atoms with Gasteiger partial charge in [-0.1, -0.05) is 6.92 Å². The Kier molecular flexibility index (Phi) is 6.34. The molecule has 0 aromatic carbocycles. The Morgan fingerprint density at radius 2 is 1.39 bits per heavy atom. The highest BCUT2D eigenvalue weighted by Crippen LogP contribution is 2.31. The van der Waals surface area contributed by atoms with Crippen LogP contribution in [0.4, 0.5) is 0 Å². The molecule has 0 aromatic heterocycles. The summed E-state index contributed by atoms with van der Waals surface area (Å²) in [5, 5.41) is 58.4. The molecule has 9 heteroatoms. The standard InChI is InChI=1S/C14H26O9/c1-5-6(2)21-8(4-16)13(9(5)17)23-14-12(20)11(19)10(18)7(3-15)22-14/h5-20H,3-4H2,1-2H3/t5?,6-,7?,8?,9+,10-,11-,12?,13+,14-/m0/s1. The number of hydrogen-bond donors (Lipinski definition) is 6. The fraction of sp³-hybridized carbons (Fsp3) is 1.00. The highest BCUT2D eigenvalue weighted by molar-refractivity contribution is 4.93. The smallest absolute Gasteiger partial charge is 0.187 e. The number of ether oxygens (including phenoxy) is 3. The van der Waals surface area contributed by atoms with Gasteiger partial charge in [-0.2, -0.15) is 0 Å². The van der Waals surface area contributed by atoms with E-state index in [0.717, 1.165) is 0 Å². The van der Waals surface area contributed by atoms with E-state index < -0.39 is 62.2 Å². The van der Waals surface area contributed by atoms with Crippen LogP contribution in [0.15, 0.2) is 0 Å². The molecule has 0 aliphatic carbocycles. The van der Waals surface area contributed by atoms with Crippen LogP contribution in [0, 0.1) is 5.92 Å². The second-order valence-electron chi connectivity index (χ2n) is 6.21. The predicted octanol–water partition coefficient (Wildman–Crippen LogP) is -3.05. The summed E-state index contributed by atoms with van der Waals surface area (Å²) in [6.07, 6.45) is -10.2. The molecule has 23 heavy (non-hydrogen) atoms.